The number of para-hydroxylation sites is 2. The Labute approximate surface area is 162 Å². The summed E-state index contributed by atoms with van der Waals surface area (Å²) in [4.78, 5) is 19.8. The third-order valence-electron chi connectivity index (χ3n) is 5.35. The van der Waals surface area contributed by atoms with Crippen molar-refractivity contribution in [3.63, 3.8) is 0 Å². The second-order valence-electron chi connectivity index (χ2n) is 7.23. The standard InChI is InChI=1S/C21H20ClN5/c1-13-6-7-17-18(12-13)25-20(24-17)14-8-10-27(11-9-14)21-19(22)23-15-4-2-3-5-16(15)26-21/h2-7,12,14H,8-11H2,1H3,(H,24,25). The smallest absolute Gasteiger partial charge is 0.172 e. The van der Waals surface area contributed by atoms with E-state index in [1.54, 1.807) is 0 Å². The monoisotopic (exact) mass is 377 g/mol. The maximum Gasteiger partial charge on any atom is 0.172 e. The van der Waals surface area contributed by atoms with E-state index in [2.05, 4.69) is 40.0 Å². The minimum absolute atomic E-state index is 0.432. The number of aromatic nitrogens is 4. The van der Waals surface area contributed by atoms with Gasteiger partial charge in [0.05, 0.1) is 22.1 Å². The molecule has 0 unspecified atom stereocenters. The van der Waals surface area contributed by atoms with Crippen LogP contribution >= 0.6 is 11.6 Å². The Morgan fingerprint density at radius 1 is 0.963 bits per heavy atom. The van der Waals surface area contributed by atoms with Gasteiger partial charge in [-0.25, -0.2) is 15.0 Å². The molecule has 1 saturated heterocycles. The van der Waals surface area contributed by atoms with Gasteiger partial charge in [0.15, 0.2) is 11.0 Å². The van der Waals surface area contributed by atoms with Gasteiger partial charge in [0.25, 0.3) is 0 Å². The van der Waals surface area contributed by atoms with Crippen LogP contribution in [0.15, 0.2) is 42.5 Å². The van der Waals surface area contributed by atoms with Crippen molar-refractivity contribution >= 4 is 39.5 Å². The number of halogens is 1. The molecule has 0 bridgehead atoms. The maximum atomic E-state index is 6.42. The molecule has 2 aromatic heterocycles. The van der Waals surface area contributed by atoms with Gasteiger partial charge < -0.3 is 9.88 Å². The molecule has 0 saturated carbocycles. The summed E-state index contributed by atoms with van der Waals surface area (Å²) in [5.41, 5.74) is 5.12. The van der Waals surface area contributed by atoms with E-state index in [9.17, 15) is 0 Å². The number of H-pyrrole nitrogens is 1. The van der Waals surface area contributed by atoms with Gasteiger partial charge in [-0.1, -0.05) is 29.8 Å². The number of nitrogens with one attached hydrogen (secondary N) is 1. The molecule has 0 aliphatic carbocycles. The molecular weight excluding hydrogens is 358 g/mol. The molecule has 136 valence electrons. The molecule has 5 rings (SSSR count). The fourth-order valence-electron chi connectivity index (χ4n) is 3.87. The van der Waals surface area contributed by atoms with E-state index < -0.39 is 0 Å². The van der Waals surface area contributed by atoms with Crippen LogP contribution in [0.5, 0.6) is 0 Å². The number of fused-ring (bicyclic) bond motifs is 2. The normalized spacial score (nSPS) is 15.7. The lowest BCUT2D eigenvalue weighted by atomic mass is 9.96. The average Bonchev–Trinajstić information content (AvgIpc) is 3.11. The summed E-state index contributed by atoms with van der Waals surface area (Å²) >= 11 is 6.42. The maximum absolute atomic E-state index is 6.42. The van der Waals surface area contributed by atoms with E-state index in [1.165, 1.54) is 5.56 Å². The van der Waals surface area contributed by atoms with Crippen molar-refractivity contribution in [2.24, 2.45) is 0 Å². The highest BCUT2D eigenvalue weighted by Gasteiger charge is 2.25. The largest absolute Gasteiger partial charge is 0.354 e. The molecule has 6 heteroatoms. The molecular formula is C21H20ClN5. The van der Waals surface area contributed by atoms with Gasteiger partial charge in [-0.2, -0.15) is 0 Å². The highest BCUT2D eigenvalue weighted by atomic mass is 35.5. The lowest BCUT2D eigenvalue weighted by molar-refractivity contribution is 0.487. The third kappa shape index (κ3) is 3.02. The molecule has 27 heavy (non-hydrogen) atoms. The fraction of sp³-hybridized carbons (Fsp3) is 0.286. The Hall–Kier alpha value is -2.66. The number of hydrogen-bond acceptors (Lipinski definition) is 4. The molecule has 5 nitrogen and oxygen atoms in total. The van der Waals surface area contributed by atoms with E-state index in [0.29, 0.717) is 11.1 Å². The molecule has 4 aromatic rings. The van der Waals surface area contributed by atoms with Crippen molar-refractivity contribution in [3.05, 3.63) is 59.0 Å². The van der Waals surface area contributed by atoms with Crippen molar-refractivity contribution in [1.29, 1.82) is 0 Å². The Balaban J connectivity index is 1.37. The number of hydrogen-bond donors (Lipinski definition) is 1. The minimum atomic E-state index is 0.432. The molecule has 0 radical (unpaired) electrons. The fourth-order valence-corrected chi connectivity index (χ4v) is 4.12. The topological polar surface area (TPSA) is 57.7 Å². The van der Waals surface area contributed by atoms with Crippen LogP contribution in [-0.2, 0) is 0 Å². The summed E-state index contributed by atoms with van der Waals surface area (Å²) in [6.45, 7) is 3.90. The predicted octanol–water partition coefficient (Wildman–Crippen LogP) is 4.85. The predicted molar refractivity (Wildman–Crippen MR) is 110 cm³/mol. The average molecular weight is 378 g/mol. The van der Waals surface area contributed by atoms with Gasteiger partial charge in [-0.3, -0.25) is 0 Å². The van der Waals surface area contributed by atoms with Crippen molar-refractivity contribution < 1.29 is 0 Å². The highest BCUT2D eigenvalue weighted by Crippen LogP contribution is 2.32. The molecule has 1 N–H and O–H groups in total. The van der Waals surface area contributed by atoms with E-state index in [-0.39, 0.29) is 0 Å². The molecule has 3 heterocycles. The first kappa shape index (κ1) is 16.5. The number of piperidine rings is 1. The van der Waals surface area contributed by atoms with Crippen LogP contribution in [0.25, 0.3) is 22.1 Å². The molecule has 0 spiro atoms. The molecule has 1 aliphatic heterocycles. The minimum Gasteiger partial charge on any atom is -0.354 e. The number of nitrogens with zero attached hydrogens (tertiary/aromatic N) is 4. The first-order valence-corrected chi connectivity index (χ1v) is 9.69. The van der Waals surface area contributed by atoms with Gasteiger partial charge in [0.1, 0.15) is 5.82 Å². The second kappa shape index (κ2) is 6.50. The van der Waals surface area contributed by atoms with Gasteiger partial charge >= 0.3 is 0 Å². The van der Waals surface area contributed by atoms with E-state index in [4.69, 9.17) is 21.6 Å². The van der Waals surface area contributed by atoms with Crippen LogP contribution in [0.4, 0.5) is 5.82 Å². The van der Waals surface area contributed by atoms with Gasteiger partial charge in [-0.15, -0.1) is 0 Å². The number of aromatic amines is 1. The van der Waals surface area contributed by atoms with Gasteiger partial charge in [0.2, 0.25) is 0 Å². The number of rotatable bonds is 2. The lowest BCUT2D eigenvalue weighted by Gasteiger charge is -2.32. The van der Waals surface area contributed by atoms with Crippen LogP contribution in [0.2, 0.25) is 5.15 Å². The van der Waals surface area contributed by atoms with Crippen LogP contribution < -0.4 is 4.90 Å². The Morgan fingerprint density at radius 2 is 1.70 bits per heavy atom. The molecule has 1 fully saturated rings. The zero-order valence-corrected chi connectivity index (χ0v) is 15.9. The summed E-state index contributed by atoms with van der Waals surface area (Å²) in [7, 11) is 0. The summed E-state index contributed by atoms with van der Waals surface area (Å²) in [6, 6.07) is 14.2. The quantitative estimate of drug-likeness (QED) is 0.542. The Kier molecular flexibility index (Phi) is 3.97. The van der Waals surface area contributed by atoms with Crippen LogP contribution in [0.1, 0.15) is 30.1 Å². The van der Waals surface area contributed by atoms with Crippen LogP contribution in [-0.4, -0.2) is 33.0 Å². The summed E-state index contributed by atoms with van der Waals surface area (Å²) in [5.74, 6) is 2.31. The zero-order valence-electron chi connectivity index (χ0n) is 15.1. The van der Waals surface area contributed by atoms with Gasteiger partial charge in [-0.05, 0) is 49.6 Å². The molecule has 2 aromatic carbocycles. The number of anilines is 1. The summed E-state index contributed by atoms with van der Waals surface area (Å²) in [5, 5.41) is 0.478. The highest BCUT2D eigenvalue weighted by molar-refractivity contribution is 6.32. The van der Waals surface area contributed by atoms with Gasteiger partial charge in [0, 0.05) is 19.0 Å². The Bertz CT molecular complexity index is 1130. The SMILES string of the molecule is Cc1ccc2nc(C3CCN(c4nc5ccccc5nc4Cl)CC3)[nH]c2c1. The third-order valence-corrected chi connectivity index (χ3v) is 5.60. The van der Waals surface area contributed by atoms with Crippen molar-refractivity contribution in [2.75, 3.05) is 18.0 Å². The zero-order chi connectivity index (χ0) is 18.4. The molecule has 1 aliphatic rings. The lowest BCUT2D eigenvalue weighted by Crippen LogP contribution is -2.34. The van der Waals surface area contributed by atoms with E-state index >= 15 is 0 Å². The van der Waals surface area contributed by atoms with Crippen molar-refractivity contribution in [2.45, 2.75) is 25.7 Å². The van der Waals surface area contributed by atoms with Crippen molar-refractivity contribution in [1.82, 2.24) is 19.9 Å². The summed E-state index contributed by atoms with van der Waals surface area (Å²) in [6.07, 6.45) is 2.03. The van der Waals surface area contributed by atoms with Crippen LogP contribution in [0, 0.1) is 6.92 Å². The van der Waals surface area contributed by atoms with E-state index in [0.717, 1.165) is 59.6 Å². The van der Waals surface area contributed by atoms with Crippen LogP contribution in [0.3, 0.4) is 0 Å². The molecule has 0 atom stereocenters. The Morgan fingerprint density at radius 3 is 2.48 bits per heavy atom. The van der Waals surface area contributed by atoms with Crippen molar-refractivity contribution in [3.8, 4) is 0 Å². The molecule has 0 amide bonds. The summed E-state index contributed by atoms with van der Waals surface area (Å²) < 4.78 is 0. The first-order chi connectivity index (χ1) is 13.2. The second-order valence-corrected chi connectivity index (χ2v) is 7.59. The van der Waals surface area contributed by atoms with E-state index in [1.807, 2.05) is 24.3 Å². The number of benzene rings is 2. The number of aryl methyl sites for hydroxylation is 1. The first-order valence-electron chi connectivity index (χ1n) is 9.31. The number of imidazole rings is 1.